The van der Waals surface area contributed by atoms with Crippen molar-refractivity contribution < 1.29 is 4.84 Å². The van der Waals surface area contributed by atoms with Gasteiger partial charge in [-0.05, 0) is 12.5 Å². The van der Waals surface area contributed by atoms with Gasteiger partial charge in [-0.2, -0.15) is 5.48 Å². The Bertz CT molecular complexity index is 186. The zero-order valence-electron chi connectivity index (χ0n) is 5.71. The van der Waals surface area contributed by atoms with Gasteiger partial charge in [0.1, 0.15) is 5.76 Å². The van der Waals surface area contributed by atoms with Crippen LogP contribution in [0, 0.1) is 5.92 Å². The van der Waals surface area contributed by atoms with Crippen molar-refractivity contribution in [3.63, 3.8) is 0 Å². The highest BCUT2D eigenvalue weighted by molar-refractivity contribution is 5.72. The van der Waals surface area contributed by atoms with Crippen LogP contribution in [0.1, 0.15) is 6.42 Å². The molecular weight excluding hydrogens is 128 g/mol. The number of fused-ring (bicyclic) bond motifs is 1. The Morgan fingerprint density at radius 1 is 1.70 bits per heavy atom. The molecule has 10 heavy (non-hydrogen) atoms. The van der Waals surface area contributed by atoms with Crippen LogP contribution < -0.4 is 5.48 Å². The number of rotatable bonds is 0. The molecule has 1 atom stereocenters. The van der Waals surface area contributed by atoms with Crippen LogP contribution >= 0.6 is 0 Å². The minimum absolute atomic E-state index is 0.558. The van der Waals surface area contributed by atoms with E-state index in [9.17, 15) is 0 Å². The van der Waals surface area contributed by atoms with Crippen LogP contribution in [-0.2, 0) is 4.84 Å². The molecule has 1 unspecified atom stereocenters. The van der Waals surface area contributed by atoms with Gasteiger partial charge in [-0.3, -0.25) is 4.99 Å². The number of hydroxylamine groups is 1. The zero-order chi connectivity index (χ0) is 6.81. The maximum atomic E-state index is 5.16. The molecule has 0 bridgehead atoms. The summed E-state index contributed by atoms with van der Waals surface area (Å²) in [6.45, 7) is 1.87. The van der Waals surface area contributed by atoms with E-state index in [-0.39, 0.29) is 0 Å². The fourth-order valence-electron chi connectivity index (χ4n) is 1.26. The maximum absolute atomic E-state index is 5.16. The molecule has 0 aromatic heterocycles. The number of hydrogen-bond donors (Lipinski definition) is 1. The molecule has 1 N–H and O–H groups in total. The van der Waals surface area contributed by atoms with Crippen LogP contribution in [0.25, 0.3) is 0 Å². The Morgan fingerprint density at radius 3 is 3.70 bits per heavy atom. The van der Waals surface area contributed by atoms with Crippen LogP contribution in [0.5, 0.6) is 0 Å². The molecule has 1 saturated heterocycles. The van der Waals surface area contributed by atoms with Gasteiger partial charge >= 0.3 is 0 Å². The molecule has 2 rings (SSSR count). The van der Waals surface area contributed by atoms with Crippen LogP contribution in [0.2, 0.25) is 0 Å². The van der Waals surface area contributed by atoms with Gasteiger partial charge in [-0.15, -0.1) is 0 Å². The standard InChI is InChI=1S/C7H10N2O/c1-3-8-4-2-7-6(1)5-9-10-7/h2,4,6,9H,1,3,5H2. The highest BCUT2D eigenvalue weighted by Crippen LogP contribution is 2.21. The quantitative estimate of drug-likeness (QED) is 0.528. The third kappa shape index (κ3) is 0.926. The predicted molar refractivity (Wildman–Crippen MR) is 38.6 cm³/mol. The van der Waals surface area contributed by atoms with Gasteiger partial charge in [-0.25, -0.2) is 0 Å². The second-order valence-electron chi connectivity index (χ2n) is 2.56. The van der Waals surface area contributed by atoms with E-state index in [4.69, 9.17) is 4.84 Å². The Balaban J connectivity index is 2.18. The summed E-state index contributed by atoms with van der Waals surface area (Å²) in [5, 5.41) is 0. The van der Waals surface area contributed by atoms with Crippen molar-refractivity contribution in [3.05, 3.63) is 11.8 Å². The number of nitrogens with one attached hydrogen (secondary N) is 1. The summed E-state index contributed by atoms with van der Waals surface area (Å²) in [5.74, 6) is 1.60. The molecule has 0 radical (unpaired) electrons. The second-order valence-corrected chi connectivity index (χ2v) is 2.56. The van der Waals surface area contributed by atoms with E-state index < -0.39 is 0 Å². The lowest BCUT2D eigenvalue weighted by Crippen LogP contribution is -2.08. The molecule has 1 fully saturated rings. The molecule has 2 aliphatic heterocycles. The zero-order valence-corrected chi connectivity index (χ0v) is 5.71. The molecule has 0 spiro atoms. The Kier molecular flexibility index (Phi) is 1.43. The van der Waals surface area contributed by atoms with E-state index in [1.54, 1.807) is 0 Å². The largest absolute Gasteiger partial charge is 0.413 e. The first-order valence-electron chi connectivity index (χ1n) is 3.56. The van der Waals surface area contributed by atoms with Crippen molar-refractivity contribution in [2.75, 3.05) is 13.1 Å². The van der Waals surface area contributed by atoms with E-state index in [2.05, 4.69) is 10.5 Å². The van der Waals surface area contributed by atoms with Crippen molar-refractivity contribution in [2.24, 2.45) is 10.9 Å². The van der Waals surface area contributed by atoms with Crippen LogP contribution in [0.4, 0.5) is 0 Å². The van der Waals surface area contributed by atoms with E-state index in [1.807, 2.05) is 12.3 Å². The molecule has 2 heterocycles. The summed E-state index contributed by atoms with van der Waals surface area (Å²) >= 11 is 0. The predicted octanol–water partition coefficient (Wildman–Crippen LogP) is 0.496. The minimum Gasteiger partial charge on any atom is -0.413 e. The molecular formula is C7H10N2O. The highest BCUT2D eigenvalue weighted by Gasteiger charge is 2.22. The SMILES string of the molecule is C1=NCCC2CNOC2=C1. The fourth-order valence-corrected chi connectivity index (χ4v) is 1.26. The first-order valence-corrected chi connectivity index (χ1v) is 3.56. The molecule has 2 aliphatic rings. The lowest BCUT2D eigenvalue weighted by atomic mass is 10.1. The number of hydrogen-bond acceptors (Lipinski definition) is 3. The van der Waals surface area contributed by atoms with Crippen molar-refractivity contribution >= 4 is 6.21 Å². The molecule has 0 aliphatic carbocycles. The molecule has 0 aromatic carbocycles. The molecule has 0 amide bonds. The molecule has 54 valence electrons. The van der Waals surface area contributed by atoms with Gasteiger partial charge in [0.2, 0.25) is 0 Å². The monoisotopic (exact) mass is 138 g/mol. The molecule has 0 aromatic rings. The Labute approximate surface area is 59.7 Å². The van der Waals surface area contributed by atoms with Gasteiger partial charge in [-0.1, -0.05) is 0 Å². The summed E-state index contributed by atoms with van der Waals surface area (Å²) in [6, 6.07) is 0. The van der Waals surface area contributed by atoms with Gasteiger partial charge in [0, 0.05) is 25.2 Å². The smallest absolute Gasteiger partial charge is 0.130 e. The number of nitrogens with zero attached hydrogens (tertiary/aromatic N) is 1. The van der Waals surface area contributed by atoms with Crippen LogP contribution in [-0.4, -0.2) is 19.3 Å². The normalized spacial score (nSPS) is 30.4. The fraction of sp³-hybridized carbons (Fsp3) is 0.571. The van der Waals surface area contributed by atoms with Gasteiger partial charge < -0.3 is 4.84 Å². The minimum atomic E-state index is 0.558. The first-order chi connectivity index (χ1) is 4.97. The lowest BCUT2D eigenvalue weighted by molar-refractivity contribution is 0.155. The number of allylic oxidation sites excluding steroid dienone is 1. The third-order valence-corrected chi connectivity index (χ3v) is 1.87. The summed E-state index contributed by atoms with van der Waals surface area (Å²) in [5.41, 5.74) is 2.86. The first kappa shape index (κ1) is 5.92. The van der Waals surface area contributed by atoms with Gasteiger partial charge in [0.25, 0.3) is 0 Å². The molecule has 3 heteroatoms. The average Bonchev–Trinajstić information content (AvgIpc) is 2.28. The third-order valence-electron chi connectivity index (χ3n) is 1.87. The summed E-state index contributed by atoms with van der Waals surface area (Å²) in [7, 11) is 0. The summed E-state index contributed by atoms with van der Waals surface area (Å²) in [6.07, 6.45) is 4.87. The number of aliphatic imine (C=N–C) groups is 1. The summed E-state index contributed by atoms with van der Waals surface area (Å²) in [4.78, 5) is 9.30. The van der Waals surface area contributed by atoms with Crippen LogP contribution in [0.15, 0.2) is 16.8 Å². The maximum Gasteiger partial charge on any atom is 0.130 e. The second kappa shape index (κ2) is 2.42. The van der Waals surface area contributed by atoms with E-state index in [1.165, 1.54) is 0 Å². The van der Waals surface area contributed by atoms with E-state index in [0.717, 1.165) is 25.3 Å². The van der Waals surface area contributed by atoms with Crippen molar-refractivity contribution in [2.45, 2.75) is 6.42 Å². The van der Waals surface area contributed by atoms with Crippen LogP contribution in [0.3, 0.4) is 0 Å². The van der Waals surface area contributed by atoms with Crippen molar-refractivity contribution in [1.29, 1.82) is 0 Å². The summed E-state index contributed by atoms with van der Waals surface area (Å²) < 4.78 is 0. The Morgan fingerprint density at radius 2 is 2.70 bits per heavy atom. The topological polar surface area (TPSA) is 33.6 Å². The average molecular weight is 138 g/mol. The molecule has 0 saturated carbocycles. The van der Waals surface area contributed by atoms with Crippen molar-refractivity contribution in [1.82, 2.24) is 5.48 Å². The Hall–Kier alpha value is -0.830. The van der Waals surface area contributed by atoms with Gasteiger partial charge in [0.15, 0.2) is 0 Å². The van der Waals surface area contributed by atoms with E-state index >= 15 is 0 Å². The molecule has 3 nitrogen and oxygen atoms in total. The van der Waals surface area contributed by atoms with Crippen molar-refractivity contribution in [3.8, 4) is 0 Å². The van der Waals surface area contributed by atoms with Gasteiger partial charge in [0.05, 0.1) is 0 Å². The lowest BCUT2D eigenvalue weighted by Gasteiger charge is -2.01. The highest BCUT2D eigenvalue weighted by atomic mass is 16.7. The van der Waals surface area contributed by atoms with E-state index in [0.29, 0.717) is 5.92 Å².